The number of sulfonamides is 2. The minimum Gasteiger partial charge on any atom is -0.353 e. The van der Waals surface area contributed by atoms with Crippen LogP contribution in [0.5, 0.6) is 0 Å². The van der Waals surface area contributed by atoms with Gasteiger partial charge in [-0.25, -0.2) is 21.6 Å². The predicted molar refractivity (Wildman–Crippen MR) is 120 cm³/mol. The second-order valence-electron chi connectivity index (χ2n) is 7.66. The molecule has 1 amide bonds. The maximum absolute atomic E-state index is 12.6. The van der Waals surface area contributed by atoms with Crippen molar-refractivity contribution in [2.75, 3.05) is 13.1 Å². The lowest BCUT2D eigenvalue weighted by Crippen LogP contribution is -2.50. The molecule has 1 atom stereocenters. The summed E-state index contributed by atoms with van der Waals surface area (Å²) in [6, 6.07) is 11.7. The zero-order valence-corrected chi connectivity index (χ0v) is 19.7. The number of aryl methyl sites for hydroxylation is 2. The third kappa shape index (κ3) is 7.13. The molecule has 10 heteroatoms. The minimum absolute atomic E-state index is 0.0133. The summed E-state index contributed by atoms with van der Waals surface area (Å²) in [6.45, 7) is 7.14. The Morgan fingerprint density at radius 3 is 1.68 bits per heavy atom. The van der Waals surface area contributed by atoms with E-state index >= 15 is 0 Å². The largest absolute Gasteiger partial charge is 0.353 e. The van der Waals surface area contributed by atoms with Crippen molar-refractivity contribution in [2.24, 2.45) is 5.92 Å². The van der Waals surface area contributed by atoms with Gasteiger partial charge in [0.2, 0.25) is 26.0 Å². The average molecular weight is 468 g/mol. The molecule has 0 radical (unpaired) electrons. The molecule has 0 fully saturated rings. The summed E-state index contributed by atoms with van der Waals surface area (Å²) < 4.78 is 54.7. The van der Waals surface area contributed by atoms with Crippen LogP contribution in [0, 0.1) is 19.8 Å². The highest BCUT2D eigenvalue weighted by Crippen LogP contribution is 2.13. The molecule has 0 aromatic heterocycles. The van der Waals surface area contributed by atoms with Crippen molar-refractivity contribution in [3.8, 4) is 0 Å². The summed E-state index contributed by atoms with van der Waals surface area (Å²) in [5.74, 6) is -0.843. The van der Waals surface area contributed by atoms with Crippen molar-refractivity contribution in [1.82, 2.24) is 14.8 Å². The number of carbonyl (C=O) groups is 1. The van der Waals surface area contributed by atoms with E-state index in [0.717, 1.165) is 11.1 Å². The molecule has 0 saturated heterocycles. The van der Waals surface area contributed by atoms with Crippen LogP contribution in [0.3, 0.4) is 0 Å². The van der Waals surface area contributed by atoms with E-state index in [2.05, 4.69) is 14.8 Å². The molecule has 2 aromatic carbocycles. The zero-order chi connectivity index (χ0) is 23.2. The Kier molecular flexibility index (Phi) is 8.35. The smallest absolute Gasteiger partial charge is 0.241 e. The fraction of sp³-hybridized carbons (Fsp3) is 0.381. The molecular formula is C21H29N3O5S2. The minimum atomic E-state index is -3.88. The predicted octanol–water partition coefficient (Wildman–Crippen LogP) is 1.70. The first-order chi connectivity index (χ1) is 14.4. The van der Waals surface area contributed by atoms with E-state index in [-0.39, 0.29) is 28.8 Å². The van der Waals surface area contributed by atoms with Crippen molar-refractivity contribution >= 4 is 26.0 Å². The maximum atomic E-state index is 12.6. The number of rotatable bonds is 10. The Labute approximate surface area is 184 Å². The molecule has 0 aliphatic carbocycles. The standard InChI is InChI=1S/C21H29N3O5S2/c1-15(2)20(24-31(28,29)19-11-7-17(4)8-12-19)21(25)22-13-14-23-30(26,27)18-9-5-16(3)6-10-18/h5-12,15,20,23-24H,13-14H2,1-4H3,(H,22,25)/t20-/m0/s1. The number of hydrogen-bond acceptors (Lipinski definition) is 5. The van der Waals surface area contributed by atoms with Crippen molar-refractivity contribution in [3.05, 3.63) is 59.7 Å². The van der Waals surface area contributed by atoms with Crippen molar-refractivity contribution < 1.29 is 21.6 Å². The van der Waals surface area contributed by atoms with E-state index in [0.29, 0.717) is 0 Å². The highest BCUT2D eigenvalue weighted by atomic mass is 32.2. The molecule has 0 aliphatic heterocycles. The van der Waals surface area contributed by atoms with Gasteiger partial charge in [-0.2, -0.15) is 4.72 Å². The lowest BCUT2D eigenvalue weighted by molar-refractivity contribution is -0.123. The van der Waals surface area contributed by atoms with Crippen LogP contribution in [0.15, 0.2) is 58.3 Å². The summed E-state index contributed by atoms with van der Waals surface area (Å²) in [5, 5.41) is 2.59. The molecule has 3 N–H and O–H groups in total. The molecule has 0 aliphatic rings. The molecule has 0 bridgehead atoms. The van der Waals surface area contributed by atoms with Crippen LogP contribution >= 0.6 is 0 Å². The van der Waals surface area contributed by atoms with Crippen LogP contribution in [-0.4, -0.2) is 41.9 Å². The van der Waals surface area contributed by atoms with Crippen LogP contribution in [0.4, 0.5) is 0 Å². The van der Waals surface area contributed by atoms with Gasteiger partial charge in [-0.3, -0.25) is 4.79 Å². The molecule has 2 aromatic rings. The lowest BCUT2D eigenvalue weighted by Gasteiger charge is -2.21. The van der Waals surface area contributed by atoms with Crippen LogP contribution in [0.2, 0.25) is 0 Å². The van der Waals surface area contributed by atoms with Gasteiger partial charge < -0.3 is 5.32 Å². The van der Waals surface area contributed by atoms with Gasteiger partial charge in [-0.15, -0.1) is 0 Å². The Bertz CT molecular complexity index is 1090. The second kappa shape index (κ2) is 10.4. The number of benzene rings is 2. The number of amides is 1. The number of carbonyl (C=O) groups excluding carboxylic acids is 1. The molecule has 0 spiro atoms. The Balaban J connectivity index is 1.95. The SMILES string of the molecule is Cc1ccc(S(=O)(=O)NCCNC(=O)[C@@H](NS(=O)(=O)c2ccc(C)cc2)C(C)C)cc1. The van der Waals surface area contributed by atoms with E-state index < -0.39 is 32.0 Å². The Hall–Kier alpha value is -2.27. The maximum Gasteiger partial charge on any atom is 0.241 e. The molecule has 0 saturated carbocycles. The first-order valence-corrected chi connectivity index (χ1v) is 12.8. The lowest BCUT2D eigenvalue weighted by atomic mass is 10.1. The molecule has 31 heavy (non-hydrogen) atoms. The van der Waals surface area contributed by atoms with Gasteiger partial charge in [0.25, 0.3) is 0 Å². The van der Waals surface area contributed by atoms with Gasteiger partial charge >= 0.3 is 0 Å². The fourth-order valence-corrected chi connectivity index (χ4v) is 5.10. The second-order valence-corrected chi connectivity index (χ2v) is 11.1. The van der Waals surface area contributed by atoms with Crippen LogP contribution in [-0.2, 0) is 24.8 Å². The topological polar surface area (TPSA) is 121 Å². The molecule has 0 unspecified atom stereocenters. The number of nitrogens with one attached hydrogen (secondary N) is 3. The quantitative estimate of drug-likeness (QED) is 0.459. The summed E-state index contributed by atoms with van der Waals surface area (Å²) in [6.07, 6.45) is 0. The van der Waals surface area contributed by atoms with Gasteiger partial charge in [-0.05, 0) is 44.0 Å². The monoisotopic (exact) mass is 467 g/mol. The van der Waals surface area contributed by atoms with Gasteiger partial charge in [0.15, 0.2) is 0 Å². The van der Waals surface area contributed by atoms with E-state index in [1.807, 2.05) is 13.8 Å². The summed E-state index contributed by atoms with van der Waals surface area (Å²) in [4.78, 5) is 12.8. The molecule has 0 heterocycles. The van der Waals surface area contributed by atoms with E-state index in [9.17, 15) is 21.6 Å². The Morgan fingerprint density at radius 1 is 0.774 bits per heavy atom. The third-order valence-corrected chi connectivity index (χ3v) is 7.54. The van der Waals surface area contributed by atoms with Crippen LogP contribution in [0.1, 0.15) is 25.0 Å². The molecular weight excluding hydrogens is 438 g/mol. The number of hydrogen-bond donors (Lipinski definition) is 3. The highest BCUT2D eigenvalue weighted by molar-refractivity contribution is 7.89. The van der Waals surface area contributed by atoms with Crippen LogP contribution in [0.25, 0.3) is 0 Å². The molecule has 8 nitrogen and oxygen atoms in total. The van der Waals surface area contributed by atoms with Crippen molar-refractivity contribution in [3.63, 3.8) is 0 Å². The van der Waals surface area contributed by atoms with Gasteiger partial charge in [0, 0.05) is 13.1 Å². The van der Waals surface area contributed by atoms with E-state index in [1.54, 1.807) is 38.1 Å². The summed E-state index contributed by atoms with van der Waals surface area (Å²) >= 11 is 0. The van der Waals surface area contributed by atoms with Crippen molar-refractivity contribution in [2.45, 2.75) is 43.5 Å². The van der Waals surface area contributed by atoms with Crippen LogP contribution < -0.4 is 14.8 Å². The molecule has 2 rings (SSSR count). The van der Waals surface area contributed by atoms with Gasteiger partial charge in [-0.1, -0.05) is 49.2 Å². The Morgan fingerprint density at radius 2 is 1.23 bits per heavy atom. The molecule has 170 valence electrons. The van der Waals surface area contributed by atoms with Gasteiger partial charge in [0.05, 0.1) is 9.79 Å². The fourth-order valence-electron chi connectivity index (χ4n) is 2.73. The third-order valence-electron chi connectivity index (χ3n) is 4.61. The normalized spacial score (nSPS) is 13.2. The summed E-state index contributed by atoms with van der Waals surface area (Å²) in [5.41, 5.74) is 1.87. The van der Waals surface area contributed by atoms with Gasteiger partial charge in [0.1, 0.15) is 6.04 Å². The highest BCUT2D eigenvalue weighted by Gasteiger charge is 2.28. The average Bonchev–Trinajstić information content (AvgIpc) is 2.70. The van der Waals surface area contributed by atoms with E-state index in [1.165, 1.54) is 24.3 Å². The van der Waals surface area contributed by atoms with E-state index in [4.69, 9.17) is 0 Å². The zero-order valence-electron chi connectivity index (χ0n) is 18.0. The van der Waals surface area contributed by atoms with Crippen molar-refractivity contribution in [1.29, 1.82) is 0 Å². The summed E-state index contributed by atoms with van der Waals surface area (Å²) in [7, 11) is -7.57. The first-order valence-electron chi connectivity index (χ1n) is 9.85. The first kappa shape index (κ1) is 25.0.